The van der Waals surface area contributed by atoms with Crippen molar-refractivity contribution in [2.75, 3.05) is 65.6 Å². The first-order valence-electron chi connectivity index (χ1n) is 37.6. The molecule has 4 rings (SSSR count). The third-order valence-electron chi connectivity index (χ3n) is 19.8. The fourth-order valence-electron chi connectivity index (χ4n) is 13.3. The molecule has 0 spiro atoms. The van der Waals surface area contributed by atoms with E-state index in [0.717, 1.165) is 0 Å². The second kappa shape index (κ2) is 45.0. The van der Waals surface area contributed by atoms with Crippen LogP contribution in [0.5, 0.6) is 0 Å². The van der Waals surface area contributed by atoms with Crippen LogP contribution in [0.4, 0.5) is 0 Å². The number of nitrogens with one attached hydrogen (secondary N) is 11. The van der Waals surface area contributed by atoms with E-state index in [1.807, 2.05) is 26.1 Å². The summed E-state index contributed by atoms with van der Waals surface area (Å²) in [4.78, 5) is 234. The fraction of sp³-hybridized carbons (Fsp3) is 0.757. The van der Waals surface area contributed by atoms with Gasteiger partial charge in [0.05, 0.1) is 38.9 Å². The maximum atomic E-state index is 14.9. The lowest BCUT2D eigenvalue weighted by molar-refractivity contribution is -0.149. The van der Waals surface area contributed by atoms with Gasteiger partial charge in [-0.2, -0.15) is 0 Å². The molecule has 0 aromatic heterocycles. The van der Waals surface area contributed by atoms with Crippen LogP contribution in [0.2, 0.25) is 0 Å². The Balaban J connectivity index is 1.40. The summed E-state index contributed by atoms with van der Waals surface area (Å²) >= 11 is 0. The lowest BCUT2D eigenvalue weighted by Gasteiger charge is -2.36. The van der Waals surface area contributed by atoms with Crippen molar-refractivity contribution >= 4 is 101 Å². The van der Waals surface area contributed by atoms with Crippen LogP contribution >= 0.6 is 0 Å². The first-order chi connectivity index (χ1) is 51.0. The van der Waals surface area contributed by atoms with Crippen LogP contribution in [0.3, 0.4) is 0 Å². The summed E-state index contributed by atoms with van der Waals surface area (Å²) in [7, 11) is 0. The molecule has 15 atom stereocenters. The lowest BCUT2D eigenvalue weighted by atomic mass is 9.96. The van der Waals surface area contributed by atoms with Crippen molar-refractivity contribution in [3.63, 3.8) is 0 Å². The van der Waals surface area contributed by atoms with Crippen molar-refractivity contribution < 1.29 is 102 Å². The molecule has 4 aliphatic rings. The van der Waals surface area contributed by atoms with Gasteiger partial charge < -0.3 is 110 Å². The highest BCUT2D eigenvalue weighted by molar-refractivity contribution is 6.01. The van der Waals surface area contributed by atoms with Gasteiger partial charge in [0.25, 0.3) is 0 Å². The summed E-state index contributed by atoms with van der Waals surface area (Å²) in [6.07, 6.45) is 3.90. The van der Waals surface area contributed by atoms with Crippen LogP contribution in [0.1, 0.15) is 171 Å². The number of carbonyl (C=O) groups is 17. The van der Waals surface area contributed by atoms with Crippen molar-refractivity contribution in [1.82, 2.24) is 78.1 Å². The van der Waals surface area contributed by atoms with E-state index in [1.54, 1.807) is 34.6 Å². The number of unbranched alkanes of at least 4 members (excludes halogenated alkanes) is 1. The maximum Gasteiger partial charge on any atom is 0.328 e. The molecule has 0 bridgehead atoms. The number of amides is 15. The number of nitrogens with two attached hydrogens (primary N) is 2. The van der Waals surface area contributed by atoms with E-state index >= 15 is 0 Å². The van der Waals surface area contributed by atoms with Gasteiger partial charge in [-0.15, -0.1) is 0 Å². The Morgan fingerprint density at radius 2 is 0.843 bits per heavy atom. The second-order valence-corrected chi connectivity index (χ2v) is 29.2. The lowest BCUT2D eigenvalue weighted by Crippen LogP contribution is -2.61. The molecule has 0 saturated carbocycles. The minimum absolute atomic E-state index is 0.0551. The molecular formula is C70H117N17O21. The van der Waals surface area contributed by atoms with Crippen LogP contribution in [-0.4, -0.2) is 285 Å². The van der Waals surface area contributed by atoms with Gasteiger partial charge >= 0.3 is 11.9 Å². The molecule has 4 fully saturated rings. The van der Waals surface area contributed by atoms with Gasteiger partial charge in [0.2, 0.25) is 88.6 Å². The predicted molar refractivity (Wildman–Crippen MR) is 386 cm³/mol. The first kappa shape index (κ1) is 91.2. The molecule has 4 aliphatic heterocycles. The van der Waals surface area contributed by atoms with Gasteiger partial charge in [0.15, 0.2) is 0 Å². The zero-order valence-electron chi connectivity index (χ0n) is 63.6. The molecule has 15 amide bonds. The van der Waals surface area contributed by atoms with Gasteiger partial charge in [-0.1, -0.05) is 74.7 Å². The highest BCUT2D eigenvalue weighted by Gasteiger charge is 2.48. The summed E-state index contributed by atoms with van der Waals surface area (Å²) in [5, 5.41) is 64.9. The van der Waals surface area contributed by atoms with Gasteiger partial charge in [0.1, 0.15) is 72.5 Å². The van der Waals surface area contributed by atoms with Crippen molar-refractivity contribution in [2.24, 2.45) is 35.1 Å². The van der Waals surface area contributed by atoms with Crippen LogP contribution in [0.15, 0.2) is 0 Å². The number of aliphatic carboxylic acids is 2. The molecule has 4 saturated heterocycles. The molecule has 0 aromatic rings. The summed E-state index contributed by atoms with van der Waals surface area (Å²) in [6, 6.07) is -16.1. The number of aliphatic hydroxyl groups is 2. The third kappa shape index (κ3) is 27.5. The van der Waals surface area contributed by atoms with E-state index in [-0.39, 0.29) is 89.4 Å². The van der Waals surface area contributed by atoms with Crippen molar-refractivity contribution in [3.05, 3.63) is 0 Å². The second-order valence-electron chi connectivity index (χ2n) is 29.2. The fourth-order valence-corrected chi connectivity index (χ4v) is 13.3. The van der Waals surface area contributed by atoms with Gasteiger partial charge in [0, 0.05) is 32.6 Å². The number of nitrogens with zero attached hydrogens (tertiary/aromatic N) is 4. The van der Waals surface area contributed by atoms with Crippen molar-refractivity contribution in [3.8, 4) is 0 Å². The third-order valence-corrected chi connectivity index (χ3v) is 19.8. The Morgan fingerprint density at radius 1 is 0.426 bits per heavy atom. The van der Waals surface area contributed by atoms with E-state index < -0.39 is 230 Å². The highest BCUT2D eigenvalue weighted by Crippen LogP contribution is 2.29. The van der Waals surface area contributed by atoms with Crippen LogP contribution in [0.25, 0.3) is 0 Å². The van der Waals surface area contributed by atoms with Crippen LogP contribution in [-0.2, 0) is 81.5 Å². The zero-order valence-corrected chi connectivity index (χ0v) is 63.6. The zero-order chi connectivity index (χ0) is 80.8. The summed E-state index contributed by atoms with van der Waals surface area (Å²) in [6.45, 7) is 12.6. The van der Waals surface area contributed by atoms with E-state index in [0.29, 0.717) is 57.9 Å². The SMILES string of the molecule is CC[C@H](C)[C@H](NC(=O)[C@@H]1CCCN1C(=O)[C@@H]1CCCN1C(=O)[C@@H](NC(=O)[C@H](CCC(=O)O)NC(=O)[C@@H](N)CCCCN)[C@@H](C)CC)C(=O)N1CCC[C@H]1C(=O)N[C@@H](CC(C)C)C(=O)N[C@@H](CC(C)C)C(=O)N[C@@H](C)C(=O)N1CCC[C@H]1C(=O)N[C@@H](CO)C(=O)NCC(=O)NCC(=O)NCC(=O)N[C@@H](CO)C(=O)O. The topological polar surface area (TPSA) is 568 Å². The number of carbonyl (C=O) groups excluding carboxylic acids is 15. The molecule has 608 valence electrons. The van der Waals surface area contributed by atoms with Crippen molar-refractivity contribution in [1.29, 1.82) is 0 Å². The number of carboxylic acids is 2. The van der Waals surface area contributed by atoms with E-state index in [4.69, 9.17) is 21.7 Å². The van der Waals surface area contributed by atoms with E-state index in [1.165, 1.54) is 26.5 Å². The molecular weight excluding hydrogens is 1410 g/mol. The number of carboxylic acid groups (broad SMARTS) is 2. The molecule has 0 radical (unpaired) electrons. The number of hydrogen-bond acceptors (Lipinski definition) is 21. The molecule has 4 heterocycles. The Kier molecular flexibility index (Phi) is 38.0. The molecule has 19 N–H and O–H groups in total. The number of aliphatic hydroxyl groups excluding tert-OH is 2. The quantitative estimate of drug-likeness (QED) is 0.0254. The van der Waals surface area contributed by atoms with E-state index in [2.05, 4.69) is 53.2 Å². The molecule has 38 heteroatoms. The molecule has 0 unspecified atom stereocenters. The molecule has 0 aliphatic carbocycles. The number of rotatable bonds is 44. The number of hydrogen-bond donors (Lipinski definition) is 17. The minimum atomic E-state index is -1.62. The van der Waals surface area contributed by atoms with Crippen molar-refractivity contribution in [2.45, 2.75) is 250 Å². The average Bonchev–Trinajstić information content (AvgIpc) is 1.62. The Hall–Kier alpha value is -9.17. The minimum Gasteiger partial charge on any atom is -0.481 e. The van der Waals surface area contributed by atoms with Crippen LogP contribution < -0.4 is 70.0 Å². The van der Waals surface area contributed by atoms with E-state index in [9.17, 15) is 91.7 Å². The summed E-state index contributed by atoms with van der Waals surface area (Å²) in [5.74, 6) is -15.3. The van der Waals surface area contributed by atoms with Gasteiger partial charge in [-0.3, -0.25) is 76.7 Å². The van der Waals surface area contributed by atoms with Gasteiger partial charge in [-0.25, -0.2) is 4.79 Å². The average molecular weight is 1530 g/mol. The molecule has 0 aromatic carbocycles. The highest BCUT2D eigenvalue weighted by atomic mass is 16.4. The summed E-state index contributed by atoms with van der Waals surface area (Å²) in [5.41, 5.74) is 11.7. The Bertz CT molecular complexity index is 3180. The molecule has 38 nitrogen and oxygen atoms in total. The largest absolute Gasteiger partial charge is 0.481 e. The first-order valence-corrected chi connectivity index (χ1v) is 37.6. The van der Waals surface area contributed by atoms with Gasteiger partial charge in [-0.05, 0) is 121 Å². The Morgan fingerprint density at radius 3 is 1.33 bits per heavy atom. The molecule has 108 heavy (non-hydrogen) atoms. The predicted octanol–water partition coefficient (Wildman–Crippen LogP) is -5.23. The summed E-state index contributed by atoms with van der Waals surface area (Å²) < 4.78 is 0. The monoisotopic (exact) mass is 1530 g/mol. The van der Waals surface area contributed by atoms with Crippen LogP contribution in [0, 0.1) is 23.7 Å². The number of likely N-dealkylation sites (tertiary alicyclic amines) is 4. The smallest absolute Gasteiger partial charge is 0.328 e. The normalized spacial score (nSPS) is 20.0. The standard InChI is InChI=1S/C70H117N17O21/c1-10-39(7)56(82-60(97)43(23-24-55(93)94)78-58(95)42(72)18-12-13-25-71)69(106)87-29-17-22-51(87)67(104)85-27-15-21-50(85)65(102)83-57(40(8)11-2)68(105)86-28-16-20-49(86)63(100)80-45(31-38(5)6)62(99)79-44(30-37(3)4)61(98)76-41(9)66(103)84-26-14-19-48(84)64(101)81-46(35-88)59(96)75-33-53(91)73-32-52(90)74-34-54(92)77-47(36-89)70(107)108/h37-51,56-57,88-89H,10-36,71-72H2,1-9H3,(H,73,91)(H,74,90)(H,75,96)(H,76,98)(H,77,92)(H,78,95)(H,79,99)(H,80,100)(H,81,101)(H,82,97)(H,83,102)(H,93,94)(H,107,108)/t39-,40-,41-,42-,43-,44-,45-,46-,47-,48-,49-,50-,51-,56-,57-/m0/s1. The Labute approximate surface area is 629 Å². The maximum absolute atomic E-state index is 14.9.